The van der Waals surface area contributed by atoms with Crippen LogP contribution in [0.25, 0.3) is 0 Å². The van der Waals surface area contributed by atoms with Crippen molar-refractivity contribution in [3.63, 3.8) is 0 Å². The zero-order valence-electron chi connectivity index (χ0n) is 12.1. The standard InChI is InChI=1S/C14H32N2/c1-6-13(3)16(7-2)12-8-9-14(4,5)10-11-15/h13H,6-12,15H2,1-5H3. The second kappa shape index (κ2) is 8.08. The highest BCUT2D eigenvalue weighted by Gasteiger charge is 2.17. The number of hydrogen-bond acceptors (Lipinski definition) is 2. The second-order valence-electron chi connectivity index (χ2n) is 5.69. The molecule has 0 heterocycles. The lowest BCUT2D eigenvalue weighted by Crippen LogP contribution is -2.33. The van der Waals surface area contributed by atoms with E-state index in [0.29, 0.717) is 5.41 Å². The molecule has 2 N–H and O–H groups in total. The first-order valence-corrected chi connectivity index (χ1v) is 6.91. The molecule has 0 aliphatic carbocycles. The van der Waals surface area contributed by atoms with E-state index in [0.717, 1.165) is 19.0 Å². The third-order valence-corrected chi connectivity index (χ3v) is 3.74. The summed E-state index contributed by atoms with van der Waals surface area (Å²) >= 11 is 0. The Kier molecular flexibility index (Phi) is 8.04. The molecule has 16 heavy (non-hydrogen) atoms. The predicted octanol–water partition coefficient (Wildman–Crippen LogP) is 3.26. The van der Waals surface area contributed by atoms with Crippen LogP contribution in [0.5, 0.6) is 0 Å². The SMILES string of the molecule is CCC(C)N(CC)CCCC(C)(C)CCN. The highest BCUT2D eigenvalue weighted by molar-refractivity contribution is 4.71. The maximum Gasteiger partial charge on any atom is 0.00641 e. The summed E-state index contributed by atoms with van der Waals surface area (Å²) in [5, 5.41) is 0. The second-order valence-corrected chi connectivity index (χ2v) is 5.69. The lowest BCUT2D eigenvalue weighted by molar-refractivity contribution is 0.194. The van der Waals surface area contributed by atoms with Crippen LogP contribution >= 0.6 is 0 Å². The first-order valence-electron chi connectivity index (χ1n) is 6.91. The molecular formula is C14H32N2. The highest BCUT2D eigenvalue weighted by Crippen LogP contribution is 2.26. The molecule has 0 aliphatic rings. The van der Waals surface area contributed by atoms with Crippen LogP contribution in [0.1, 0.15) is 60.3 Å². The van der Waals surface area contributed by atoms with Crippen LogP contribution in [0.3, 0.4) is 0 Å². The van der Waals surface area contributed by atoms with Gasteiger partial charge in [0.05, 0.1) is 0 Å². The summed E-state index contributed by atoms with van der Waals surface area (Å²) in [6.45, 7) is 14.7. The molecule has 1 unspecified atom stereocenters. The summed E-state index contributed by atoms with van der Waals surface area (Å²) < 4.78 is 0. The van der Waals surface area contributed by atoms with Gasteiger partial charge in [-0.05, 0) is 57.7 Å². The molecule has 2 heteroatoms. The van der Waals surface area contributed by atoms with Gasteiger partial charge < -0.3 is 10.6 Å². The van der Waals surface area contributed by atoms with Crippen molar-refractivity contribution in [3.8, 4) is 0 Å². The molecule has 2 nitrogen and oxygen atoms in total. The molecule has 0 aliphatic heterocycles. The van der Waals surface area contributed by atoms with Crippen molar-refractivity contribution in [1.82, 2.24) is 4.90 Å². The fourth-order valence-electron chi connectivity index (χ4n) is 2.22. The van der Waals surface area contributed by atoms with Crippen molar-refractivity contribution in [1.29, 1.82) is 0 Å². The Bertz CT molecular complexity index is 166. The van der Waals surface area contributed by atoms with Gasteiger partial charge in [0.2, 0.25) is 0 Å². The molecule has 0 amide bonds. The topological polar surface area (TPSA) is 29.3 Å². The average molecular weight is 228 g/mol. The largest absolute Gasteiger partial charge is 0.330 e. The summed E-state index contributed by atoms with van der Waals surface area (Å²) in [5.41, 5.74) is 6.05. The average Bonchev–Trinajstić information content (AvgIpc) is 2.23. The van der Waals surface area contributed by atoms with Crippen LogP contribution in [0.4, 0.5) is 0 Å². The van der Waals surface area contributed by atoms with E-state index >= 15 is 0 Å². The van der Waals surface area contributed by atoms with Crippen molar-refractivity contribution in [2.45, 2.75) is 66.3 Å². The Labute approximate surface area is 103 Å². The highest BCUT2D eigenvalue weighted by atomic mass is 15.1. The molecule has 0 fully saturated rings. The molecule has 0 rings (SSSR count). The van der Waals surface area contributed by atoms with Gasteiger partial charge in [0, 0.05) is 6.04 Å². The maximum absolute atomic E-state index is 5.63. The zero-order chi connectivity index (χ0) is 12.6. The molecule has 0 aromatic heterocycles. The molecule has 0 radical (unpaired) electrons. The third-order valence-electron chi connectivity index (χ3n) is 3.74. The molecule has 0 saturated carbocycles. The van der Waals surface area contributed by atoms with E-state index in [2.05, 4.69) is 39.5 Å². The lowest BCUT2D eigenvalue weighted by atomic mass is 9.84. The monoisotopic (exact) mass is 228 g/mol. The van der Waals surface area contributed by atoms with E-state index in [1.54, 1.807) is 0 Å². The Hall–Kier alpha value is -0.0800. The van der Waals surface area contributed by atoms with Crippen molar-refractivity contribution >= 4 is 0 Å². The summed E-state index contributed by atoms with van der Waals surface area (Å²) in [7, 11) is 0. The van der Waals surface area contributed by atoms with E-state index in [4.69, 9.17) is 5.73 Å². The molecule has 0 aromatic carbocycles. The van der Waals surface area contributed by atoms with E-state index in [-0.39, 0.29) is 0 Å². The zero-order valence-corrected chi connectivity index (χ0v) is 12.1. The third kappa shape index (κ3) is 6.49. The number of rotatable bonds is 9. The van der Waals surface area contributed by atoms with Gasteiger partial charge in [-0.25, -0.2) is 0 Å². The van der Waals surface area contributed by atoms with Crippen LogP contribution in [-0.4, -0.2) is 30.6 Å². The molecule has 0 spiro atoms. The van der Waals surface area contributed by atoms with Gasteiger partial charge >= 0.3 is 0 Å². The first-order chi connectivity index (χ1) is 7.46. The molecular weight excluding hydrogens is 196 g/mol. The fraction of sp³-hybridized carbons (Fsp3) is 1.00. The molecule has 98 valence electrons. The number of nitrogens with zero attached hydrogens (tertiary/aromatic N) is 1. The van der Waals surface area contributed by atoms with Crippen LogP contribution in [0, 0.1) is 5.41 Å². The van der Waals surface area contributed by atoms with Crippen molar-refractivity contribution in [3.05, 3.63) is 0 Å². The number of nitrogens with two attached hydrogens (primary N) is 1. The van der Waals surface area contributed by atoms with Crippen molar-refractivity contribution in [2.75, 3.05) is 19.6 Å². The van der Waals surface area contributed by atoms with Gasteiger partial charge in [-0.2, -0.15) is 0 Å². The van der Waals surface area contributed by atoms with Gasteiger partial charge in [-0.1, -0.05) is 27.7 Å². The summed E-state index contributed by atoms with van der Waals surface area (Å²) in [6.07, 6.45) is 4.98. The van der Waals surface area contributed by atoms with Crippen molar-refractivity contribution < 1.29 is 0 Å². The van der Waals surface area contributed by atoms with Gasteiger partial charge in [0.15, 0.2) is 0 Å². The summed E-state index contributed by atoms with van der Waals surface area (Å²) in [5.74, 6) is 0. The quantitative estimate of drug-likeness (QED) is 0.656. The van der Waals surface area contributed by atoms with Gasteiger partial charge in [0.25, 0.3) is 0 Å². The number of hydrogen-bond donors (Lipinski definition) is 1. The fourth-order valence-corrected chi connectivity index (χ4v) is 2.22. The first kappa shape index (κ1) is 15.9. The van der Waals surface area contributed by atoms with Gasteiger partial charge in [-0.15, -0.1) is 0 Å². The van der Waals surface area contributed by atoms with E-state index < -0.39 is 0 Å². The predicted molar refractivity (Wildman–Crippen MR) is 73.7 cm³/mol. The van der Waals surface area contributed by atoms with E-state index in [9.17, 15) is 0 Å². The summed E-state index contributed by atoms with van der Waals surface area (Å²) in [6, 6.07) is 0.725. The van der Waals surface area contributed by atoms with Crippen molar-refractivity contribution in [2.24, 2.45) is 11.1 Å². The van der Waals surface area contributed by atoms with Crippen LogP contribution in [0.2, 0.25) is 0 Å². The molecule has 0 bridgehead atoms. The minimum Gasteiger partial charge on any atom is -0.330 e. The maximum atomic E-state index is 5.63. The molecule has 0 aromatic rings. The van der Waals surface area contributed by atoms with E-state index in [1.165, 1.54) is 32.4 Å². The lowest BCUT2D eigenvalue weighted by Gasteiger charge is -2.29. The minimum absolute atomic E-state index is 0.420. The van der Waals surface area contributed by atoms with Gasteiger partial charge in [-0.3, -0.25) is 0 Å². The Balaban J connectivity index is 3.86. The minimum atomic E-state index is 0.420. The van der Waals surface area contributed by atoms with Gasteiger partial charge in [0.1, 0.15) is 0 Å². The Morgan fingerprint density at radius 2 is 1.81 bits per heavy atom. The normalized spacial score (nSPS) is 14.4. The Morgan fingerprint density at radius 1 is 1.19 bits per heavy atom. The summed E-state index contributed by atoms with van der Waals surface area (Å²) in [4.78, 5) is 2.58. The van der Waals surface area contributed by atoms with Crippen LogP contribution in [0.15, 0.2) is 0 Å². The molecule has 0 saturated heterocycles. The van der Waals surface area contributed by atoms with E-state index in [1.807, 2.05) is 0 Å². The molecule has 1 atom stereocenters. The smallest absolute Gasteiger partial charge is 0.00641 e. The van der Waals surface area contributed by atoms with Crippen LogP contribution in [-0.2, 0) is 0 Å². The van der Waals surface area contributed by atoms with Crippen LogP contribution < -0.4 is 5.73 Å². The Morgan fingerprint density at radius 3 is 2.25 bits per heavy atom.